The molecule has 0 N–H and O–H groups in total. The summed E-state index contributed by atoms with van der Waals surface area (Å²) >= 11 is 11.8. The molecule has 0 bridgehead atoms. The third kappa shape index (κ3) is 1.61. The molecule has 0 aliphatic rings. The van der Waals surface area contributed by atoms with Crippen molar-refractivity contribution in [2.24, 2.45) is 7.05 Å². The molecular weight excluding hydrogens is 221 g/mol. The zero-order valence-corrected chi connectivity index (χ0v) is 8.92. The van der Waals surface area contributed by atoms with E-state index in [0.717, 1.165) is 5.56 Å². The summed E-state index contributed by atoms with van der Waals surface area (Å²) in [4.78, 5) is 4.07. The number of hydrogen-bond acceptors (Lipinski definition) is 2. The van der Waals surface area contributed by atoms with Gasteiger partial charge in [0.15, 0.2) is 5.82 Å². The van der Waals surface area contributed by atoms with E-state index in [4.69, 9.17) is 23.2 Å². The number of halogens is 2. The zero-order chi connectivity index (χ0) is 10.1. The molecule has 0 saturated carbocycles. The molecule has 1 aromatic carbocycles. The van der Waals surface area contributed by atoms with E-state index in [2.05, 4.69) is 10.1 Å². The normalized spacial score (nSPS) is 10.5. The van der Waals surface area contributed by atoms with Gasteiger partial charge in [0, 0.05) is 12.6 Å². The summed E-state index contributed by atoms with van der Waals surface area (Å²) in [5, 5.41) is 5.10. The van der Waals surface area contributed by atoms with Crippen LogP contribution in [0.3, 0.4) is 0 Å². The molecule has 3 nitrogen and oxygen atoms in total. The van der Waals surface area contributed by atoms with Crippen molar-refractivity contribution in [2.75, 3.05) is 0 Å². The van der Waals surface area contributed by atoms with E-state index in [-0.39, 0.29) is 0 Å². The number of nitrogens with zero attached hydrogens (tertiary/aromatic N) is 3. The van der Waals surface area contributed by atoms with Gasteiger partial charge in [-0.3, -0.25) is 0 Å². The lowest BCUT2D eigenvalue weighted by Gasteiger charge is -1.96. The van der Waals surface area contributed by atoms with Crippen LogP contribution in [0.2, 0.25) is 10.3 Å². The maximum atomic E-state index is 5.99. The van der Waals surface area contributed by atoms with E-state index < -0.39 is 0 Å². The van der Waals surface area contributed by atoms with Crippen molar-refractivity contribution in [1.82, 2.24) is 14.8 Å². The second-order valence-electron chi connectivity index (χ2n) is 2.81. The van der Waals surface area contributed by atoms with E-state index in [9.17, 15) is 0 Å². The van der Waals surface area contributed by atoms with E-state index in [1.165, 1.54) is 4.68 Å². The van der Waals surface area contributed by atoms with Crippen LogP contribution >= 0.6 is 23.2 Å². The molecule has 0 amide bonds. The average Bonchev–Trinajstić information content (AvgIpc) is 2.48. The molecule has 72 valence electrons. The molecule has 0 aliphatic carbocycles. The highest BCUT2D eigenvalue weighted by molar-refractivity contribution is 6.33. The van der Waals surface area contributed by atoms with Gasteiger partial charge in [-0.15, -0.1) is 5.10 Å². The number of benzene rings is 1. The summed E-state index contributed by atoms with van der Waals surface area (Å²) in [6, 6.07) is 7.39. The van der Waals surface area contributed by atoms with E-state index >= 15 is 0 Å². The summed E-state index contributed by atoms with van der Waals surface area (Å²) in [6.45, 7) is 0. The van der Waals surface area contributed by atoms with Crippen LogP contribution < -0.4 is 0 Å². The Balaban J connectivity index is 2.55. The SMILES string of the molecule is Cn1nc(-c2ccccc2Cl)nc1Cl. The lowest BCUT2D eigenvalue weighted by Crippen LogP contribution is -1.89. The number of hydrogen-bond donors (Lipinski definition) is 0. The molecule has 5 heteroatoms. The van der Waals surface area contributed by atoms with E-state index in [1.54, 1.807) is 13.1 Å². The molecule has 0 atom stereocenters. The van der Waals surface area contributed by atoms with Crippen LogP contribution in [0.5, 0.6) is 0 Å². The number of rotatable bonds is 1. The Bertz CT molecular complexity index is 445. The smallest absolute Gasteiger partial charge is 0.221 e. The molecule has 1 aromatic heterocycles. The van der Waals surface area contributed by atoms with Crippen molar-refractivity contribution in [2.45, 2.75) is 0 Å². The van der Waals surface area contributed by atoms with E-state index in [0.29, 0.717) is 16.1 Å². The third-order valence-corrected chi connectivity index (χ3v) is 2.48. The summed E-state index contributed by atoms with van der Waals surface area (Å²) in [5.74, 6) is 0.545. The van der Waals surface area contributed by atoms with Crippen molar-refractivity contribution in [1.29, 1.82) is 0 Å². The predicted octanol–water partition coefficient (Wildman–Crippen LogP) is 2.79. The van der Waals surface area contributed by atoms with Crippen LogP contribution in [0.1, 0.15) is 0 Å². The molecule has 14 heavy (non-hydrogen) atoms. The molecule has 0 fully saturated rings. The maximum Gasteiger partial charge on any atom is 0.221 e. The van der Waals surface area contributed by atoms with Gasteiger partial charge < -0.3 is 0 Å². The average molecular weight is 228 g/mol. The summed E-state index contributed by atoms with van der Waals surface area (Å²) in [5.41, 5.74) is 0.789. The van der Waals surface area contributed by atoms with Crippen molar-refractivity contribution in [3.63, 3.8) is 0 Å². The quantitative estimate of drug-likeness (QED) is 0.751. The highest BCUT2D eigenvalue weighted by atomic mass is 35.5. The molecule has 1 heterocycles. The van der Waals surface area contributed by atoms with Crippen LogP contribution in [0.15, 0.2) is 24.3 Å². The Kier molecular flexibility index (Phi) is 2.44. The molecule has 2 aromatic rings. The zero-order valence-electron chi connectivity index (χ0n) is 7.41. The lowest BCUT2D eigenvalue weighted by atomic mass is 10.2. The second kappa shape index (κ2) is 3.59. The Hall–Kier alpha value is -1.06. The second-order valence-corrected chi connectivity index (χ2v) is 3.55. The highest BCUT2D eigenvalue weighted by Gasteiger charge is 2.09. The first-order valence-electron chi connectivity index (χ1n) is 4.00. The van der Waals surface area contributed by atoms with Gasteiger partial charge in [0.1, 0.15) is 0 Å². The minimum Gasteiger partial charge on any atom is -0.239 e. The first-order chi connectivity index (χ1) is 6.68. The fraction of sp³-hybridized carbons (Fsp3) is 0.111. The largest absolute Gasteiger partial charge is 0.239 e. The van der Waals surface area contributed by atoms with Gasteiger partial charge in [0.2, 0.25) is 5.28 Å². The minimum absolute atomic E-state index is 0.347. The van der Waals surface area contributed by atoms with Gasteiger partial charge in [-0.05, 0) is 23.7 Å². The summed E-state index contributed by atoms with van der Waals surface area (Å²) < 4.78 is 1.50. The van der Waals surface area contributed by atoms with Crippen LogP contribution in [0.4, 0.5) is 0 Å². The topological polar surface area (TPSA) is 30.7 Å². The Labute approximate surface area is 91.3 Å². The Morgan fingerprint density at radius 1 is 1.21 bits per heavy atom. The van der Waals surface area contributed by atoms with Crippen molar-refractivity contribution in [3.05, 3.63) is 34.6 Å². The molecule has 0 aliphatic heterocycles. The molecule has 0 radical (unpaired) electrons. The van der Waals surface area contributed by atoms with Crippen LogP contribution in [0.25, 0.3) is 11.4 Å². The molecule has 0 unspecified atom stereocenters. The van der Waals surface area contributed by atoms with Gasteiger partial charge in [-0.2, -0.15) is 4.98 Å². The third-order valence-electron chi connectivity index (χ3n) is 1.82. The van der Waals surface area contributed by atoms with Gasteiger partial charge in [-0.1, -0.05) is 23.7 Å². The summed E-state index contributed by atoms with van der Waals surface area (Å²) in [7, 11) is 1.73. The van der Waals surface area contributed by atoms with Gasteiger partial charge >= 0.3 is 0 Å². The first-order valence-corrected chi connectivity index (χ1v) is 4.75. The van der Waals surface area contributed by atoms with Crippen molar-refractivity contribution in [3.8, 4) is 11.4 Å². The Morgan fingerprint density at radius 2 is 1.93 bits per heavy atom. The van der Waals surface area contributed by atoms with Gasteiger partial charge in [0.25, 0.3) is 0 Å². The maximum absolute atomic E-state index is 5.99. The molecule has 2 rings (SSSR count). The van der Waals surface area contributed by atoms with E-state index in [1.807, 2.05) is 18.2 Å². The number of aromatic nitrogens is 3. The fourth-order valence-electron chi connectivity index (χ4n) is 1.12. The molecular formula is C9H7Cl2N3. The highest BCUT2D eigenvalue weighted by Crippen LogP contribution is 2.25. The van der Waals surface area contributed by atoms with Crippen molar-refractivity contribution < 1.29 is 0 Å². The van der Waals surface area contributed by atoms with Crippen molar-refractivity contribution >= 4 is 23.2 Å². The summed E-state index contributed by atoms with van der Waals surface area (Å²) in [6.07, 6.45) is 0. The van der Waals surface area contributed by atoms with Gasteiger partial charge in [0.05, 0.1) is 5.02 Å². The van der Waals surface area contributed by atoms with Crippen LogP contribution in [-0.4, -0.2) is 14.8 Å². The Morgan fingerprint density at radius 3 is 2.50 bits per heavy atom. The molecule has 0 saturated heterocycles. The number of aryl methyl sites for hydroxylation is 1. The van der Waals surface area contributed by atoms with Crippen LogP contribution in [-0.2, 0) is 7.05 Å². The monoisotopic (exact) mass is 227 g/mol. The van der Waals surface area contributed by atoms with Crippen LogP contribution in [0, 0.1) is 0 Å². The van der Waals surface area contributed by atoms with Gasteiger partial charge in [-0.25, -0.2) is 4.68 Å². The predicted molar refractivity (Wildman–Crippen MR) is 56.5 cm³/mol. The minimum atomic E-state index is 0.347. The standard InChI is InChI=1S/C9H7Cl2N3/c1-14-9(11)12-8(13-14)6-4-2-3-5-7(6)10/h2-5H,1H3. The first kappa shape index (κ1) is 9.49. The lowest BCUT2D eigenvalue weighted by molar-refractivity contribution is 0.769. The molecule has 0 spiro atoms. The fourth-order valence-corrected chi connectivity index (χ4v) is 1.46.